The van der Waals surface area contributed by atoms with Crippen LogP contribution in [0.15, 0.2) is 51.7 Å². The van der Waals surface area contributed by atoms with Crippen molar-refractivity contribution in [1.29, 1.82) is 0 Å². The molecule has 0 spiro atoms. The molecule has 3 rings (SSSR count). The Bertz CT molecular complexity index is 903. The van der Waals surface area contributed by atoms with Gasteiger partial charge in [-0.15, -0.1) is 0 Å². The van der Waals surface area contributed by atoms with E-state index in [-0.39, 0.29) is 22.1 Å². The zero-order valence-electron chi connectivity index (χ0n) is 11.4. The number of fused-ring (bicyclic) bond motifs is 1. The van der Waals surface area contributed by atoms with Crippen molar-refractivity contribution in [3.63, 3.8) is 0 Å². The molecule has 1 heterocycles. The van der Waals surface area contributed by atoms with Gasteiger partial charge in [0.05, 0.1) is 5.56 Å². The zero-order valence-corrected chi connectivity index (χ0v) is 13.0. The van der Waals surface area contributed by atoms with Crippen LogP contribution in [-0.4, -0.2) is 5.33 Å². The highest BCUT2D eigenvalue weighted by molar-refractivity contribution is 9.09. The smallest absolute Gasteiger partial charge is 0.203 e. The summed E-state index contributed by atoms with van der Waals surface area (Å²) < 4.78 is 33.8. The molecule has 0 aliphatic carbocycles. The molecule has 112 valence electrons. The highest BCUT2D eigenvalue weighted by Crippen LogP contribution is 2.28. The summed E-state index contributed by atoms with van der Waals surface area (Å²) in [5.74, 6) is -0.874. The molecule has 0 unspecified atom stereocenters. The Balaban J connectivity index is 2.44. The van der Waals surface area contributed by atoms with Crippen LogP contribution in [0.4, 0.5) is 8.78 Å². The zero-order chi connectivity index (χ0) is 15.7. The summed E-state index contributed by atoms with van der Waals surface area (Å²) in [7, 11) is 0. The quantitative estimate of drug-likeness (QED) is 0.631. The van der Waals surface area contributed by atoms with Crippen LogP contribution in [-0.2, 0) is 6.42 Å². The number of halogens is 3. The van der Waals surface area contributed by atoms with E-state index in [2.05, 4.69) is 15.9 Å². The SMILES string of the molecule is O=c1c(-c2ccccc2F)c(CCBr)oc2cccc(F)c12. The molecule has 2 aromatic carbocycles. The lowest BCUT2D eigenvalue weighted by Gasteiger charge is -2.10. The molecule has 0 aliphatic heterocycles. The minimum absolute atomic E-state index is 0.0788. The number of aryl methyl sites for hydroxylation is 1. The Morgan fingerprint density at radius 3 is 2.45 bits per heavy atom. The van der Waals surface area contributed by atoms with Crippen molar-refractivity contribution in [1.82, 2.24) is 0 Å². The van der Waals surface area contributed by atoms with E-state index in [1.807, 2.05) is 0 Å². The van der Waals surface area contributed by atoms with E-state index in [9.17, 15) is 13.6 Å². The van der Waals surface area contributed by atoms with Crippen molar-refractivity contribution in [2.24, 2.45) is 0 Å². The van der Waals surface area contributed by atoms with E-state index in [1.165, 1.54) is 36.4 Å². The van der Waals surface area contributed by atoms with Crippen LogP contribution >= 0.6 is 15.9 Å². The summed E-state index contributed by atoms with van der Waals surface area (Å²) in [6, 6.07) is 10.1. The van der Waals surface area contributed by atoms with Crippen molar-refractivity contribution in [3.05, 3.63) is 70.1 Å². The van der Waals surface area contributed by atoms with Crippen molar-refractivity contribution in [2.45, 2.75) is 6.42 Å². The summed E-state index contributed by atoms with van der Waals surface area (Å²) in [4.78, 5) is 12.7. The van der Waals surface area contributed by atoms with Gasteiger partial charge >= 0.3 is 0 Å². The second kappa shape index (κ2) is 6.01. The normalized spacial score (nSPS) is 11.0. The molecule has 2 nitrogen and oxygen atoms in total. The molecule has 5 heteroatoms. The Labute approximate surface area is 133 Å². The molecule has 0 N–H and O–H groups in total. The lowest BCUT2D eigenvalue weighted by atomic mass is 10.0. The lowest BCUT2D eigenvalue weighted by Crippen LogP contribution is -2.12. The largest absolute Gasteiger partial charge is 0.460 e. The van der Waals surface area contributed by atoms with Crippen LogP contribution in [0, 0.1) is 11.6 Å². The van der Waals surface area contributed by atoms with Gasteiger partial charge in [0.2, 0.25) is 5.43 Å². The van der Waals surface area contributed by atoms with Gasteiger partial charge in [-0.05, 0) is 18.2 Å². The van der Waals surface area contributed by atoms with Crippen LogP contribution < -0.4 is 5.43 Å². The minimum atomic E-state index is -0.672. The average molecular weight is 365 g/mol. The molecule has 22 heavy (non-hydrogen) atoms. The fourth-order valence-corrected chi connectivity index (χ4v) is 2.80. The van der Waals surface area contributed by atoms with E-state index in [4.69, 9.17) is 4.42 Å². The third-order valence-electron chi connectivity index (χ3n) is 3.41. The Morgan fingerprint density at radius 2 is 1.73 bits per heavy atom. The molecule has 3 aromatic rings. The number of hydrogen-bond donors (Lipinski definition) is 0. The van der Waals surface area contributed by atoms with Crippen molar-refractivity contribution < 1.29 is 13.2 Å². The second-order valence-electron chi connectivity index (χ2n) is 4.76. The van der Waals surface area contributed by atoms with Crippen LogP contribution in [0.1, 0.15) is 5.76 Å². The van der Waals surface area contributed by atoms with E-state index >= 15 is 0 Å². The predicted molar refractivity (Wildman–Crippen MR) is 85.3 cm³/mol. The second-order valence-corrected chi connectivity index (χ2v) is 5.55. The first-order valence-corrected chi connectivity index (χ1v) is 7.80. The van der Waals surface area contributed by atoms with E-state index < -0.39 is 17.1 Å². The van der Waals surface area contributed by atoms with Gasteiger partial charge in [0.1, 0.15) is 28.4 Å². The number of rotatable bonds is 3. The Morgan fingerprint density at radius 1 is 1.00 bits per heavy atom. The van der Waals surface area contributed by atoms with Gasteiger partial charge in [-0.25, -0.2) is 8.78 Å². The molecule has 0 saturated heterocycles. The number of alkyl halides is 1. The fourth-order valence-electron chi connectivity index (χ4n) is 2.44. The molecule has 1 aromatic heterocycles. The molecule has 0 amide bonds. The summed E-state index contributed by atoms with van der Waals surface area (Å²) in [5, 5.41) is 0.386. The third kappa shape index (κ3) is 2.46. The van der Waals surface area contributed by atoms with E-state index in [0.29, 0.717) is 17.5 Å². The minimum Gasteiger partial charge on any atom is -0.460 e. The van der Waals surface area contributed by atoms with E-state index in [0.717, 1.165) is 0 Å². The maximum atomic E-state index is 14.1. The maximum absolute atomic E-state index is 14.1. The lowest BCUT2D eigenvalue weighted by molar-refractivity contribution is 0.542. The summed E-state index contributed by atoms with van der Waals surface area (Å²) in [6.45, 7) is 0. The molecule has 0 fully saturated rings. The predicted octanol–water partition coefficient (Wildman–Crippen LogP) is 4.68. The maximum Gasteiger partial charge on any atom is 0.203 e. The molecule has 0 radical (unpaired) electrons. The van der Waals surface area contributed by atoms with Gasteiger partial charge < -0.3 is 4.42 Å². The van der Waals surface area contributed by atoms with E-state index in [1.54, 1.807) is 6.07 Å². The number of hydrogen-bond acceptors (Lipinski definition) is 2. The van der Waals surface area contributed by atoms with Crippen molar-refractivity contribution in [3.8, 4) is 11.1 Å². The van der Waals surface area contributed by atoms with Gasteiger partial charge in [0.15, 0.2) is 0 Å². The fraction of sp³-hybridized carbons (Fsp3) is 0.118. The van der Waals surface area contributed by atoms with Crippen LogP contribution in [0.25, 0.3) is 22.1 Å². The van der Waals surface area contributed by atoms with Gasteiger partial charge in [0.25, 0.3) is 0 Å². The third-order valence-corrected chi connectivity index (χ3v) is 3.80. The first-order chi connectivity index (χ1) is 10.6. The standard InChI is InChI=1S/C17H11BrF2O2/c18-9-8-14-15(10-4-1-2-5-11(10)19)17(21)16-12(20)6-3-7-13(16)22-14/h1-7H,8-9H2. The Hall–Kier alpha value is -2.01. The summed E-state index contributed by atoms with van der Waals surface area (Å²) in [6.07, 6.45) is 0.394. The Kier molecular flexibility index (Phi) is 4.07. The van der Waals surface area contributed by atoms with Crippen LogP contribution in [0.2, 0.25) is 0 Å². The molecule has 0 atom stereocenters. The first-order valence-electron chi connectivity index (χ1n) is 6.68. The molecule has 0 aliphatic rings. The molecule has 0 saturated carbocycles. The average Bonchev–Trinajstić information content (AvgIpc) is 2.49. The highest BCUT2D eigenvalue weighted by atomic mass is 79.9. The van der Waals surface area contributed by atoms with Crippen LogP contribution in [0.3, 0.4) is 0 Å². The molecular formula is C17H11BrF2O2. The summed E-state index contributed by atoms with van der Waals surface area (Å²) in [5.41, 5.74) is -0.186. The van der Waals surface area contributed by atoms with Crippen molar-refractivity contribution in [2.75, 3.05) is 5.33 Å². The highest BCUT2D eigenvalue weighted by Gasteiger charge is 2.20. The first kappa shape index (κ1) is 14.9. The molecule has 0 bridgehead atoms. The van der Waals surface area contributed by atoms with Gasteiger partial charge in [-0.1, -0.05) is 40.2 Å². The molecular weight excluding hydrogens is 354 g/mol. The van der Waals surface area contributed by atoms with Crippen molar-refractivity contribution >= 4 is 26.9 Å². The topological polar surface area (TPSA) is 30.2 Å². The van der Waals surface area contributed by atoms with Gasteiger partial charge in [-0.3, -0.25) is 4.79 Å². The monoisotopic (exact) mass is 364 g/mol. The van der Waals surface area contributed by atoms with Gasteiger partial charge in [-0.2, -0.15) is 0 Å². The van der Waals surface area contributed by atoms with Gasteiger partial charge in [0, 0.05) is 17.3 Å². The summed E-state index contributed by atoms with van der Waals surface area (Å²) >= 11 is 3.28. The van der Waals surface area contributed by atoms with Crippen LogP contribution in [0.5, 0.6) is 0 Å². The number of benzene rings is 2.